The van der Waals surface area contributed by atoms with Crippen molar-refractivity contribution in [3.05, 3.63) is 29.8 Å². The third-order valence-corrected chi connectivity index (χ3v) is 4.52. The van der Waals surface area contributed by atoms with Crippen LogP contribution in [-0.2, 0) is 14.4 Å². The van der Waals surface area contributed by atoms with E-state index in [4.69, 9.17) is 14.5 Å². The van der Waals surface area contributed by atoms with Gasteiger partial charge in [0, 0.05) is 0 Å². The molecule has 0 saturated heterocycles. The van der Waals surface area contributed by atoms with Gasteiger partial charge < -0.3 is 9.62 Å². The zero-order chi connectivity index (χ0) is 15.4. The molecule has 2 aliphatic rings. The molecule has 120 valence electrons. The molecule has 2 fully saturated rings. The highest BCUT2D eigenvalue weighted by Gasteiger charge is 2.45. The monoisotopic (exact) mass is 304 g/mol. The molecular weight excluding hydrogens is 280 g/mol. The fourth-order valence-electron chi connectivity index (χ4n) is 3.13. The van der Waals surface area contributed by atoms with Crippen molar-refractivity contribution in [3.8, 4) is 5.75 Å². The Hall–Kier alpha value is -1.55. The van der Waals surface area contributed by atoms with E-state index in [9.17, 15) is 4.79 Å². The van der Waals surface area contributed by atoms with Crippen molar-refractivity contribution in [2.45, 2.75) is 57.5 Å². The minimum atomic E-state index is -0.0755. The quantitative estimate of drug-likeness (QED) is 0.453. The fraction of sp³-hybridized carbons (Fsp3) is 0.611. The van der Waals surface area contributed by atoms with E-state index in [1.165, 1.54) is 24.8 Å². The first kappa shape index (κ1) is 15.3. The number of ether oxygens (including phenoxy) is 1. The zero-order valence-corrected chi connectivity index (χ0v) is 13.1. The van der Waals surface area contributed by atoms with Crippen LogP contribution in [0.1, 0.15) is 56.9 Å². The lowest BCUT2D eigenvalue weighted by molar-refractivity contribution is -0.250. The molecule has 0 amide bonds. The summed E-state index contributed by atoms with van der Waals surface area (Å²) in [5.41, 5.74) is 1.17. The van der Waals surface area contributed by atoms with E-state index in [0.717, 1.165) is 25.0 Å². The molecule has 1 aromatic carbocycles. The van der Waals surface area contributed by atoms with Gasteiger partial charge in [0.1, 0.15) is 6.10 Å². The summed E-state index contributed by atoms with van der Waals surface area (Å²) in [5.74, 6) is 0.980. The Labute approximate surface area is 131 Å². The topological polar surface area (TPSA) is 44.8 Å². The third kappa shape index (κ3) is 3.80. The third-order valence-electron chi connectivity index (χ3n) is 4.52. The summed E-state index contributed by atoms with van der Waals surface area (Å²) >= 11 is 0. The van der Waals surface area contributed by atoms with Gasteiger partial charge in [0.05, 0.1) is 12.5 Å². The average Bonchev–Trinajstić information content (AvgIpc) is 3.35. The number of esters is 1. The Morgan fingerprint density at radius 3 is 2.55 bits per heavy atom. The van der Waals surface area contributed by atoms with Crippen molar-refractivity contribution in [1.82, 2.24) is 0 Å². The Kier molecular flexibility index (Phi) is 4.98. The van der Waals surface area contributed by atoms with Gasteiger partial charge >= 0.3 is 5.97 Å². The highest BCUT2D eigenvalue weighted by atomic mass is 17.2. The van der Waals surface area contributed by atoms with E-state index in [1.807, 2.05) is 31.2 Å². The summed E-state index contributed by atoms with van der Waals surface area (Å²) < 4.78 is 5.06. The van der Waals surface area contributed by atoms with Crippen LogP contribution >= 0.6 is 0 Å². The lowest BCUT2D eigenvalue weighted by atomic mass is 9.98. The highest BCUT2D eigenvalue weighted by molar-refractivity contribution is 5.77. The Morgan fingerprint density at radius 1 is 1.14 bits per heavy atom. The number of carbonyl (C=O) groups is 1. The molecule has 4 heteroatoms. The molecular formula is C18H24O4. The molecule has 0 heterocycles. The first-order chi connectivity index (χ1) is 10.8. The second-order valence-electron chi connectivity index (χ2n) is 6.21. The molecule has 2 aliphatic carbocycles. The molecule has 22 heavy (non-hydrogen) atoms. The number of benzene rings is 1. The zero-order valence-electron chi connectivity index (χ0n) is 13.1. The molecule has 0 spiro atoms. The molecule has 2 saturated carbocycles. The van der Waals surface area contributed by atoms with Crippen molar-refractivity contribution in [3.63, 3.8) is 0 Å². The van der Waals surface area contributed by atoms with Crippen molar-refractivity contribution in [2.75, 3.05) is 6.61 Å². The fourth-order valence-corrected chi connectivity index (χ4v) is 3.13. The minimum absolute atomic E-state index is 0.0326. The molecule has 0 aromatic heterocycles. The molecule has 2 atom stereocenters. The average molecular weight is 304 g/mol. The smallest absolute Gasteiger partial charge is 0.309 e. The molecule has 2 unspecified atom stereocenters. The van der Waals surface area contributed by atoms with Crippen molar-refractivity contribution >= 4 is 5.97 Å². The summed E-state index contributed by atoms with van der Waals surface area (Å²) in [5, 5.41) is 0. The molecule has 0 aliphatic heterocycles. The number of carbonyl (C=O) groups excluding carboxylic acids is 1. The summed E-state index contributed by atoms with van der Waals surface area (Å²) in [6, 6.07) is 7.87. The van der Waals surface area contributed by atoms with Crippen LogP contribution in [0, 0.1) is 5.92 Å². The van der Waals surface area contributed by atoms with Crippen LogP contribution in [0.25, 0.3) is 0 Å². The molecule has 3 rings (SSSR count). The van der Waals surface area contributed by atoms with Gasteiger partial charge in [-0.15, -0.1) is 0 Å². The number of rotatable bonds is 6. The van der Waals surface area contributed by atoms with Gasteiger partial charge in [-0.1, -0.05) is 31.4 Å². The van der Waals surface area contributed by atoms with Crippen molar-refractivity contribution in [1.29, 1.82) is 0 Å². The summed E-state index contributed by atoms with van der Waals surface area (Å²) in [7, 11) is 0. The molecule has 0 radical (unpaired) electrons. The van der Waals surface area contributed by atoms with E-state index < -0.39 is 0 Å². The molecule has 4 nitrogen and oxygen atoms in total. The van der Waals surface area contributed by atoms with E-state index in [0.29, 0.717) is 12.5 Å². The standard InChI is InChI=1S/C18H24O4/c1-2-20-18(19)17-12-16(17)13-8-10-15(11-9-13)22-21-14-6-4-3-5-7-14/h8-11,14,16-17H,2-7,12H2,1H3. The number of hydrogen-bond donors (Lipinski definition) is 0. The number of hydrogen-bond acceptors (Lipinski definition) is 4. The van der Waals surface area contributed by atoms with Crippen LogP contribution in [0.15, 0.2) is 24.3 Å². The maximum Gasteiger partial charge on any atom is 0.309 e. The highest BCUT2D eigenvalue weighted by Crippen LogP contribution is 2.48. The summed E-state index contributed by atoms with van der Waals surface area (Å²) in [4.78, 5) is 22.6. The predicted molar refractivity (Wildman–Crippen MR) is 82.5 cm³/mol. The maximum atomic E-state index is 11.7. The van der Waals surface area contributed by atoms with E-state index in [2.05, 4.69) is 0 Å². The van der Waals surface area contributed by atoms with Gasteiger partial charge in [-0.05, 0) is 49.8 Å². The van der Waals surface area contributed by atoms with Crippen LogP contribution in [0.3, 0.4) is 0 Å². The maximum absolute atomic E-state index is 11.7. The normalized spacial score (nSPS) is 24.8. The first-order valence-electron chi connectivity index (χ1n) is 8.38. The van der Waals surface area contributed by atoms with Crippen molar-refractivity contribution < 1.29 is 19.3 Å². The second-order valence-corrected chi connectivity index (χ2v) is 6.21. The Bertz CT molecular complexity index is 490. The van der Waals surface area contributed by atoms with Crippen LogP contribution in [0.5, 0.6) is 5.75 Å². The predicted octanol–water partition coefficient (Wildman–Crippen LogP) is 4.00. The lowest BCUT2D eigenvalue weighted by Gasteiger charge is -2.20. The van der Waals surface area contributed by atoms with Crippen LogP contribution < -0.4 is 4.89 Å². The Morgan fingerprint density at radius 2 is 1.86 bits per heavy atom. The molecule has 0 N–H and O–H groups in total. The van der Waals surface area contributed by atoms with E-state index in [-0.39, 0.29) is 18.0 Å². The van der Waals surface area contributed by atoms with Crippen molar-refractivity contribution in [2.24, 2.45) is 5.92 Å². The van der Waals surface area contributed by atoms with Gasteiger partial charge in [-0.25, -0.2) is 0 Å². The summed E-state index contributed by atoms with van der Waals surface area (Å²) in [6.45, 7) is 2.29. The molecule has 1 aromatic rings. The Balaban J connectivity index is 1.47. The van der Waals surface area contributed by atoms with E-state index in [1.54, 1.807) is 0 Å². The van der Waals surface area contributed by atoms with E-state index >= 15 is 0 Å². The van der Waals surface area contributed by atoms with Gasteiger partial charge in [0.2, 0.25) is 0 Å². The van der Waals surface area contributed by atoms with Gasteiger partial charge in [-0.3, -0.25) is 4.79 Å². The van der Waals surface area contributed by atoms with Crippen LogP contribution in [-0.4, -0.2) is 18.7 Å². The van der Waals surface area contributed by atoms with Gasteiger partial charge in [0.15, 0.2) is 5.75 Å². The summed E-state index contributed by atoms with van der Waals surface area (Å²) in [6.07, 6.45) is 7.04. The second kappa shape index (κ2) is 7.14. The van der Waals surface area contributed by atoms with Gasteiger partial charge in [-0.2, -0.15) is 4.89 Å². The SMILES string of the molecule is CCOC(=O)C1CC1c1ccc(OOC2CCCCC2)cc1. The van der Waals surface area contributed by atoms with Crippen LogP contribution in [0.4, 0.5) is 0 Å². The largest absolute Gasteiger partial charge is 0.466 e. The molecule has 0 bridgehead atoms. The lowest BCUT2D eigenvalue weighted by Crippen LogP contribution is -2.18. The minimum Gasteiger partial charge on any atom is -0.466 e. The van der Waals surface area contributed by atoms with Gasteiger partial charge in [0.25, 0.3) is 0 Å². The van der Waals surface area contributed by atoms with Crippen LogP contribution in [0.2, 0.25) is 0 Å². The first-order valence-corrected chi connectivity index (χ1v) is 8.38.